The zero-order valence-corrected chi connectivity index (χ0v) is 14.2. The fourth-order valence-corrected chi connectivity index (χ4v) is 2.53. The van der Waals surface area contributed by atoms with E-state index in [1.807, 2.05) is 30.5 Å². The third-order valence-corrected chi connectivity index (χ3v) is 3.78. The Morgan fingerprint density at radius 2 is 1.96 bits per heavy atom. The number of ether oxygens (including phenoxy) is 1. The van der Waals surface area contributed by atoms with E-state index >= 15 is 0 Å². The van der Waals surface area contributed by atoms with Gasteiger partial charge in [0.05, 0.1) is 7.11 Å². The van der Waals surface area contributed by atoms with E-state index < -0.39 is 0 Å². The summed E-state index contributed by atoms with van der Waals surface area (Å²) >= 11 is 0. The summed E-state index contributed by atoms with van der Waals surface area (Å²) < 4.78 is 6.98. The van der Waals surface area contributed by atoms with Crippen molar-refractivity contribution in [2.24, 2.45) is 0 Å². The average molecular weight is 326 g/mol. The molecule has 1 N–H and O–H groups in total. The molecule has 0 saturated carbocycles. The average Bonchev–Trinajstić information content (AvgIpc) is 3.07. The standard InChI is InChI=1S/C17H22N6O/c1-22(2)10-4-9-18-16-15(11-19-17-20-12-21-23(16)17)13-5-7-14(24-3)8-6-13/h5-8,11-12,18H,4,9-10H2,1-3H3. The molecule has 0 radical (unpaired) electrons. The van der Waals surface area contributed by atoms with Gasteiger partial charge in [-0.2, -0.15) is 14.6 Å². The second-order valence-corrected chi connectivity index (χ2v) is 5.80. The number of nitrogens with one attached hydrogen (secondary N) is 1. The highest BCUT2D eigenvalue weighted by Crippen LogP contribution is 2.28. The van der Waals surface area contributed by atoms with Gasteiger partial charge < -0.3 is 15.0 Å². The van der Waals surface area contributed by atoms with E-state index in [0.29, 0.717) is 5.78 Å². The molecule has 0 bridgehead atoms. The van der Waals surface area contributed by atoms with Crippen molar-refractivity contribution in [1.29, 1.82) is 0 Å². The summed E-state index contributed by atoms with van der Waals surface area (Å²) in [6, 6.07) is 7.92. The third kappa shape index (κ3) is 3.46. The number of aromatic nitrogens is 4. The molecule has 0 aliphatic carbocycles. The minimum Gasteiger partial charge on any atom is -0.497 e. The number of hydrogen-bond acceptors (Lipinski definition) is 6. The summed E-state index contributed by atoms with van der Waals surface area (Å²) in [7, 11) is 5.81. The third-order valence-electron chi connectivity index (χ3n) is 3.78. The Labute approximate surface area is 141 Å². The van der Waals surface area contributed by atoms with Gasteiger partial charge in [0.25, 0.3) is 5.78 Å². The maximum Gasteiger partial charge on any atom is 0.254 e. The lowest BCUT2D eigenvalue weighted by molar-refractivity contribution is 0.405. The van der Waals surface area contributed by atoms with Crippen LogP contribution in [0.25, 0.3) is 16.9 Å². The van der Waals surface area contributed by atoms with Crippen LogP contribution in [0.4, 0.5) is 5.82 Å². The second kappa shape index (κ2) is 7.27. The van der Waals surface area contributed by atoms with Gasteiger partial charge in [0.15, 0.2) is 0 Å². The molecule has 0 fully saturated rings. The highest BCUT2D eigenvalue weighted by molar-refractivity contribution is 5.76. The van der Waals surface area contributed by atoms with Gasteiger partial charge in [-0.15, -0.1) is 0 Å². The molecule has 0 spiro atoms. The van der Waals surface area contributed by atoms with Crippen LogP contribution in [-0.2, 0) is 0 Å². The van der Waals surface area contributed by atoms with Crippen molar-refractivity contribution in [1.82, 2.24) is 24.5 Å². The SMILES string of the molecule is COc1ccc(-c2cnc3ncnn3c2NCCCN(C)C)cc1. The topological polar surface area (TPSA) is 67.6 Å². The van der Waals surface area contributed by atoms with Gasteiger partial charge in [0.2, 0.25) is 0 Å². The molecule has 126 valence electrons. The quantitative estimate of drug-likeness (QED) is 0.671. The molecule has 0 atom stereocenters. The summed E-state index contributed by atoms with van der Waals surface area (Å²) in [6.07, 6.45) is 4.39. The van der Waals surface area contributed by atoms with E-state index in [4.69, 9.17) is 4.74 Å². The highest BCUT2D eigenvalue weighted by atomic mass is 16.5. The predicted molar refractivity (Wildman–Crippen MR) is 94.4 cm³/mol. The van der Waals surface area contributed by atoms with Gasteiger partial charge >= 0.3 is 0 Å². The Hall–Kier alpha value is -2.67. The van der Waals surface area contributed by atoms with E-state index in [1.165, 1.54) is 6.33 Å². The highest BCUT2D eigenvalue weighted by Gasteiger charge is 2.12. The Bertz CT molecular complexity index is 796. The van der Waals surface area contributed by atoms with Crippen LogP contribution in [0.2, 0.25) is 0 Å². The Morgan fingerprint density at radius 1 is 1.17 bits per heavy atom. The summed E-state index contributed by atoms with van der Waals surface area (Å²) in [6.45, 7) is 1.87. The number of nitrogens with zero attached hydrogens (tertiary/aromatic N) is 5. The summed E-state index contributed by atoms with van der Waals surface area (Å²) in [4.78, 5) is 10.7. The van der Waals surface area contributed by atoms with Gasteiger partial charge in [-0.3, -0.25) is 0 Å². The Kier molecular flexibility index (Phi) is 4.90. The monoisotopic (exact) mass is 326 g/mol. The van der Waals surface area contributed by atoms with Crippen molar-refractivity contribution >= 4 is 11.6 Å². The van der Waals surface area contributed by atoms with Crippen LogP contribution in [-0.4, -0.2) is 58.8 Å². The molecular weight excluding hydrogens is 304 g/mol. The molecule has 2 aromatic heterocycles. The minimum atomic E-state index is 0.586. The summed E-state index contributed by atoms with van der Waals surface area (Å²) in [5.41, 5.74) is 2.04. The zero-order chi connectivity index (χ0) is 16.9. The second-order valence-electron chi connectivity index (χ2n) is 5.80. The van der Waals surface area contributed by atoms with Gasteiger partial charge in [0, 0.05) is 18.3 Å². The maximum absolute atomic E-state index is 5.23. The molecule has 0 saturated heterocycles. The molecular formula is C17H22N6O. The predicted octanol–water partition coefficient (Wildman–Crippen LogP) is 2.16. The number of fused-ring (bicyclic) bond motifs is 1. The van der Waals surface area contributed by atoms with Gasteiger partial charge in [-0.05, 0) is 44.8 Å². The zero-order valence-electron chi connectivity index (χ0n) is 14.2. The van der Waals surface area contributed by atoms with Crippen LogP contribution >= 0.6 is 0 Å². The van der Waals surface area contributed by atoms with E-state index in [-0.39, 0.29) is 0 Å². The molecule has 0 aliphatic heterocycles. The number of methoxy groups -OCH3 is 1. The van der Waals surface area contributed by atoms with Crippen molar-refractivity contribution in [3.63, 3.8) is 0 Å². The first-order valence-corrected chi connectivity index (χ1v) is 7.91. The van der Waals surface area contributed by atoms with E-state index in [2.05, 4.69) is 39.4 Å². The van der Waals surface area contributed by atoms with Crippen LogP contribution in [0.3, 0.4) is 0 Å². The summed E-state index contributed by atoms with van der Waals surface area (Å²) in [5, 5.41) is 7.79. The molecule has 7 heteroatoms. The van der Waals surface area contributed by atoms with Crippen LogP contribution in [0.15, 0.2) is 36.8 Å². The number of rotatable bonds is 7. The van der Waals surface area contributed by atoms with Crippen LogP contribution < -0.4 is 10.1 Å². The van der Waals surface area contributed by atoms with Crippen molar-refractivity contribution in [3.05, 3.63) is 36.8 Å². The van der Waals surface area contributed by atoms with E-state index in [0.717, 1.165) is 42.2 Å². The van der Waals surface area contributed by atoms with E-state index in [9.17, 15) is 0 Å². The molecule has 3 rings (SSSR count). The Balaban J connectivity index is 1.92. The number of hydrogen-bond donors (Lipinski definition) is 1. The molecule has 1 aromatic carbocycles. The number of benzene rings is 1. The summed E-state index contributed by atoms with van der Waals surface area (Å²) in [5.74, 6) is 2.32. The molecule has 3 aromatic rings. The number of anilines is 1. The molecule has 0 unspecified atom stereocenters. The van der Waals surface area contributed by atoms with Gasteiger partial charge in [-0.25, -0.2) is 4.98 Å². The molecule has 2 heterocycles. The molecule has 7 nitrogen and oxygen atoms in total. The normalized spacial score (nSPS) is 11.2. The van der Waals surface area contributed by atoms with Crippen molar-refractivity contribution in [3.8, 4) is 16.9 Å². The smallest absolute Gasteiger partial charge is 0.254 e. The lowest BCUT2D eigenvalue weighted by Gasteiger charge is -2.14. The Morgan fingerprint density at radius 3 is 2.67 bits per heavy atom. The van der Waals surface area contributed by atoms with Crippen molar-refractivity contribution in [2.75, 3.05) is 39.6 Å². The maximum atomic E-state index is 5.23. The molecule has 24 heavy (non-hydrogen) atoms. The van der Waals surface area contributed by atoms with Crippen LogP contribution in [0.5, 0.6) is 5.75 Å². The molecule has 0 amide bonds. The van der Waals surface area contributed by atoms with Crippen molar-refractivity contribution < 1.29 is 4.74 Å². The van der Waals surface area contributed by atoms with Crippen LogP contribution in [0.1, 0.15) is 6.42 Å². The van der Waals surface area contributed by atoms with Crippen molar-refractivity contribution in [2.45, 2.75) is 6.42 Å². The minimum absolute atomic E-state index is 0.586. The fraction of sp³-hybridized carbons (Fsp3) is 0.353. The lowest BCUT2D eigenvalue weighted by atomic mass is 10.1. The fourth-order valence-electron chi connectivity index (χ4n) is 2.53. The largest absolute Gasteiger partial charge is 0.497 e. The first-order chi connectivity index (χ1) is 11.7. The van der Waals surface area contributed by atoms with Gasteiger partial charge in [-0.1, -0.05) is 12.1 Å². The van der Waals surface area contributed by atoms with E-state index in [1.54, 1.807) is 11.6 Å². The first-order valence-electron chi connectivity index (χ1n) is 7.91. The lowest BCUT2D eigenvalue weighted by Crippen LogP contribution is -2.17. The van der Waals surface area contributed by atoms with Gasteiger partial charge in [0.1, 0.15) is 17.9 Å². The van der Waals surface area contributed by atoms with Crippen LogP contribution in [0, 0.1) is 0 Å². The molecule has 0 aliphatic rings. The first kappa shape index (κ1) is 16.2.